The van der Waals surface area contributed by atoms with Gasteiger partial charge in [0.2, 0.25) is 0 Å². The van der Waals surface area contributed by atoms with Crippen LogP contribution in [-0.2, 0) is 15.5 Å². The minimum absolute atomic E-state index is 0.00552. The van der Waals surface area contributed by atoms with E-state index in [1.165, 1.54) is 0 Å². The van der Waals surface area contributed by atoms with Gasteiger partial charge in [-0.15, -0.1) is 0 Å². The first-order valence-corrected chi connectivity index (χ1v) is 7.09. The lowest BCUT2D eigenvalue weighted by Crippen LogP contribution is -2.33. The Kier molecular flexibility index (Phi) is 6.79. The van der Waals surface area contributed by atoms with Gasteiger partial charge in [0.05, 0.1) is 11.4 Å². The second-order valence-electron chi connectivity index (χ2n) is 4.09. The lowest BCUT2D eigenvalue weighted by atomic mass is 10.1. The summed E-state index contributed by atoms with van der Waals surface area (Å²) >= 11 is -2.46. The SMILES string of the molecule is CCN(CCNCOS(=O)[O-])c1ccc(N)c(C)c1. The van der Waals surface area contributed by atoms with Crippen molar-refractivity contribution in [3.8, 4) is 0 Å². The van der Waals surface area contributed by atoms with Crippen molar-refractivity contribution in [1.29, 1.82) is 0 Å². The van der Waals surface area contributed by atoms with Crippen LogP contribution in [0.25, 0.3) is 0 Å². The Morgan fingerprint density at radius 1 is 1.53 bits per heavy atom. The van der Waals surface area contributed by atoms with Crippen LogP contribution in [0.1, 0.15) is 12.5 Å². The monoisotopic (exact) mass is 286 g/mol. The topological polar surface area (TPSA) is 90.6 Å². The van der Waals surface area contributed by atoms with Crippen LogP contribution >= 0.6 is 0 Å². The van der Waals surface area contributed by atoms with Crippen LogP contribution in [0.15, 0.2) is 18.2 Å². The molecule has 0 aliphatic carbocycles. The maximum Gasteiger partial charge on any atom is 0.113 e. The molecule has 1 rings (SSSR count). The van der Waals surface area contributed by atoms with Gasteiger partial charge in [-0.1, -0.05) is 0 Å². The highest BCUT2D eigenvalue weighted by molar-refractivity contribution is 7.74. The van der Waals surface area contributed by atoms with Gasteiger partial charge in [-0.25, -0.2) is 4.21 Å². The van der Waals surface area contributed by atoms with Crippen LogP contribution in [0.3, 0.4) is 0 Å². The number of rotatable bonds is 8. The lowest BCUT2D eigenvalue weighted by Gasteiger charge is -2.24. The van der Waals surface area contributed by atoms with Crippen LogP contribution in [-0.4, -0.2) is 35.1 Å². The summed E-state index contributed by atoms with van der Waals surface area (Å²) in [5.74, 6) is 0. The Balaban J connectivity index is 2.44. The van der Waals surface area contributed by atoms with Crippen LogP contribution in [0.5, 0.6) is 0 Å². The molecule has 0 bridgehead atoms. The summed E-state index contributed by atoms with van der Waals surface area (Å²) in [6.45, 7) is 6.29. The third-order valence-corrected chi connectivity index (χ3v) is 3.13. The number of benzene rings is 1. The number of nitrogens with one attached hydrogen (secondary N) is 1. The molecule has 0 spiro atoms. The highest BCUT2D eigenvalue weighted by Crippen LogP contribution is 2.20. The molecule has 0 radical (unpaired) electrons. The maximum atomic E-state index is 10.2. The van der Waals surface area contributed by atoms with E-state index >= 15 is 0 Å². The average Bonchev–Trinajstić information content (AvgIpc) is 2.37. The minimum Gasteiger partial charge on any atom is -0.750 e. The Bertz CT molecular complexity index is 429. The van der Waals surface area contributed by atoms with Crippen molar-refractivity contribution in [3.63, 3.8) is 0 Å². The number of likely N-dealkylation sites (N-methyl/N-ethyl adjacent to an activating group) is 1. The molecule has 0 aromatic heterocycles. The number of aryl methyl sites for hydroxylation is 1. The number of anilines is 2. The van der Waals surface area contributed by atoms with Crippen molar-refractivity contribution in [3.05, 3.63) is 23.8 Å². The molecule has 1 atom stereocenters. The fraction of sp³-hybridized carbons (Fsp3) is 0.500. The molecular formula is C12H20N3O3S-. The van der Waals surface area contributed by atoms with Gasteiger partial charge in [0.1, 0.15) is 6.73 Å². The summed E-state index contributed by atoms with van der Waals surface area (Å²) in [5.41, 5.74) is 8.73. The van der Waals surface area contributed by atoms with Gasteiger partial charge < -0.3 is 15.2 Å². The highest BCUT2D eigenvalue weighted by Gasteiger charge is 2.05. The maximum absolute atomic E-state index is 10.2. The van der Waals surface area contributed by atoms with E-state index in [1.807, 2.05) is 25.1 Å². The molecule has 0 amide bonds. The third kappa shape index (κ3) is 5.56. The van der Waals surface area contributed by atoms with E-state index in [9.17, 15) is 8.76 Å². The summed E-state index contributed by atoms with van der Waals surface area (Å²) in [6.07, 6.45) is 0. The second-order valence-corrected chi connectivity index (χ2v) is 4.73. The zero-order chi connectivity index (χ0) is 14.3. The predicted molar refractivity (Wildman–Crippen MR) is 76.4 cm³/mol. The van der Waals surface area contributed by atoms with Gasteiger partial charge in [0.25, 0.3) is 0 Å². The van der Waals surface area contributed by atoms with Gasteiger partial charge in [-0.05, 0) is 37.6 Å². The molecule has 3 N–H and O–H groups in total. The molecule has 1 unspecified atom stereocenters. The van der Waals surface area contributed by atoms with Crippen molar-refractivity contribution >= 4 is 22.7 Å². The van der Waals surface area contributed by atoms with E-state index in [0.29, 0.717) is 6.54 Å². The first-order chi connectivity index (χ1) is 9.04. The zero-order valence-electron chi connectivity index (χ0n) is 11.2. The van der Waals surface area contributed by atoms with Crippen LogP contribution < -0.4 is 16.0 Å². The van der Waals surface area contributed by atoms with Gasteiger partial charge in [0.15, 0.2) is 0 Å². The van der Waals surface area contributed by atoms with E-state index < -0.39 is 11.4 Å². The van der Waals surface area contributed by atoms with Crippen molar-refractivity contribution in [1.82, 2.24) is 5.32 Å². The number of hydrogen-bond donors (Lipinski definition) is 2. The lowest BCUT2D eigenvalue weighted by molar-refractivity contribution is 0.275. The number of hydrogen-bond acceptors (Lipinski definition) is 6. The molecule has 1 aromatic rings. The summed E-state index contributed by atoms with van der Waals surface area (Å²) in [6, 6.07) is 5.92. The van der Waals surface area contributed by atoms with E-state index in [1.54, 1.807) is 0 Å². The normalized spacial score (nSPS) is 12.4. The summed E-state index contributed by atoms with van der Waals surface area (Å²) in [4.78, 5) is 2.17. The number of nitrogen functional groups attached to an aromatic ring is 1. The van der Waals surface area contributed by atoms with Crippen LogP contribution in [0.2, 0.25) is 0 Å². The molecule has 0 aliphatic rings. The van der Waals surface area contributed by atoms with E-state index in [-0.39, 0.29) is 6.73 Å². The second kappa shape index (κ2) is 8.11. The fourth-order valence-corrected chi connectivity index (χ4v) is 1.88. The Labute approximate surface area is 116 Å². The minimum atomic E-state index is -2.46. The van der Waals surface area contributed by atoms with Crippen molar-refractivity contribution in [2.45, 2.75) is 13.8 Å². The van der Waals surface area contributed by atoms with Gasteiger partial charge >= 0.3 is 0 Å². The zero-order valence-corrected chi connectivity index (χ0v) is 12.0. The van der Waals surface area contributed by atoms with Crippen molar-refractivity contribution < 1.29 is 12.9 Å². The van der Waals surface area contributed by atoms with Crippen LogP contribution in [0.4, 0.5) is 11.4 Å². The Morgan fingerprint density at radius 3 is 2.84 bits per heavy atom. The molecule has 6 nitrogen and oxygen atoms in total. The smallest absolute Gasteiger partial charge is 0.113 e. The van der Waals surface area contributed by atoms with Gasteiger partial charge in [-0.3, -0.25) is 9.50 Å². The largest absolute Gasteiger partial charge is 0.750 e. The Hall–Kier alpha value is -1.15. The summed E-state index contributed by atoms with van der Waals surface area (Å²) < 4.78 is 24.7. The molecule has 7 heteroatoms. The Morgan fingerprint density at radius 2 is 2.26 bits per heavy atom. The summed E-state index contributed by atoms with van der Waals surface area (Å²) in [7, 11) is 0. The first-order valence-electron chi connectivity index (χ1n) is 6.09. The molecule has 0 aliphatic heterocycles. The molecular weight excluding hydrogens is 266 g/mol. The fourth-order valence-electron chi connectivity index (χ4n) is 1.70. The van der Waals surface area contributed by atoms with E-state index in [4.69, 9.17) is 5.73 Å². The standard InChI is InChI=1S/C12H21N3O3S/c1-3-15(7-6-14-9-18-19(16)17)11-4-5-12(13)10(2)8-11/h4-5,8,14H,3,6-7,9,13H2,1-2H3,(H,16,17)/p-1. The van der Waals surface area contributed by atoms with Gasteiger partial charge in [0, 0.05) is 31.0 Å². The van der Waals surface area contributed by atoms with Crippen LogP contribution in [0, 0.1) is 6.92 Å². The molecule has 19 heavy (non-hydrogen) atoms. The van der Waals surface area contributed by atoms with Gasteiger partial charge in [-0.2, -0.15) is 0 Å². The van der Waals surface area contributed by atoms with E-state index in [2.05, 4.69) is 21.3 Å². The quantitative estimate of drug-likeness (QED) is 0.317. The highest BCUT2D eigenvalue weighted by atomic mass is 32.2. The molecule has 108 valence electrons. The number of nitrogens with zero attached hydrogens (tertiary/aromatic N) is 1. The predicted octanol–water partition coefficient (Wildman–Crippen LogP) is 0.761. The van der Waals surface area contributed by atoms with Crippen molar-refractivity contribution in [2.75, 3.05) is 37.0 Å². The molecule has 0 saturated heterocycles. The van der Waals surface area contributed by atoms with E-state index in [0.717, 1.165) is 30.0 Å². The van der Waals surface area contributed by atoms with Crippen molar-refractivity contribution in [2.24, 2.45) is 0 Å². The molecule has 0 fully saturated rings. The number of nitrogens with two attached hydrogens (primary N) is 1. The first kappa shape index (κ1) is 15.9. The summed E-state index contributed by atoms with van der Waals surface area (Å²) in [5, 5.41) is 2.90. The molecule has 0 heterocycles. The molecule has 0 saturated carbocycles. The third-order valence-electron chi connectivity index (χ3n) is 2.82. The molecule has 1 aromatic carbocycles. The average molecular weight is 286 g/mol.